The Kier molecular flexibility index (Phi) is 5.70. The van der Waals surface area contributed by atoms with E-state index in [0.29, 0.717) is 19.7 Å². The molecule has 3 nitrogen and oxygen atoms in total. The molecule has 1 unspecified atom stereocenters. The van der Waals surface area contributed by atoms with Gasteiger partial charge in [-0.2, -0.15) is 0 Å². The maximum Gasteiger partial charge on any atom is 0.259 e. The molecule has 0 N–H and O–H groups in total. The van der Waals surface area contributed by atoms with Crippen LogP contribution in [0.15, 0.2) is 16.6 Å². The highest BCUT2D eigenvalue weighted by molar-refractivity contribution is 9.10. The Morgan fingerprint density at radius 2 is 2.10 bits per heavy atom. The molecule has 2 rings (SSSR count). The number of nitrogens with zero attached hydrogens (tertiary/aromatic N) is 1. The van der Waals surface area contributed by atoms with E-state index in [2.05, 4.69) is 15.9 Å². The van der Waals surface area contributed by atoms with Crippen LogP contribution in [0, 0.1) is 11.6 Å². The summed E-state index contributed by atoms with van der Waals surface area (Å²) < 4.78 is 33.6. The third-order valence-corrected chi connectivity index (χ3v) is 3.90. The summed E-state index contributed by atoms with van der Waals surface area (Å²) in [6.07, 6.45) is 2.50. The fourth-order valence-electron chi connectivity index (χ4n) is 2.45. The van der Waals surface area contributed by atoms with Gasteiger partial charge < -0.3 is 9.64 Å². The summed E-state index contributed by atoms with van der Waals surface area (Å²) in [7, 11) is 0. The Morgan fingerprint density at radius 1 is 1.43 bits per heavy atom. The molecule has 21 heavy (non-hydrogen) atoms. The van der Waals surface area contributed by atoms with Crippen LogP contribution in [-0.4, -0.2) is 36.6 Å². The summed E-state index contributed by atoms with van der Waals surface area (Å²) in [5, 5.41) is 0. The molecular weight excluding hydrogens is 344 g/mol. The number of hydrogen-bond acceptors (Lipinski definition) is 2. The average molecular weight is 362 g/mol. The molecule has 0 spiro atoms. The van der Waals surface area contributed by atoms with Crippen molar-refractivity contribution in [2.75, 3.05) is 19.7 Å². The van der Waals surface area contributed by atoms with Crippen LogP contribution in [0.25, 0.3) is 0 Å². The number of halogens is 3. The molecule has 6 heteroatoms. The number of amides is 1. The molecule has 0 radical (unpaired) electrons. The van der Waals surface area contributed by atoms with Gasteiger partial charge >= 0.3 is 0 Å². The van der Waals surface area contributed by atoms with Crippen molar-refractivity contribution >= 4 is 21.8 Å². The van der Waals surface area contributed by atoms with Gasteiger partial charge in [-0.15, -0.1) is 0 Å². The van der Waals surface area contributed by atoms with Crippen molar-refractivity contribution < 1.29 is 18.3 Å². The van der Waals surface area contributed by atoms with Crippen LogP contribution in [0.4, 0.5) is 8.78 Å². The molecule has 1 aromatic carbocycles. The zero-order valence-electron chi connectivity index (χ0n) is 11.9. The minimum Gasteiger partial charge on any atom is -0.376 e. The highest BCUT2D eigenvalue weighted by Gasteiger charge is 2.28. The van der Waals surface area contributed by atoms with Gasteiger partial charge in [-0.25, -0.2) is 8.78 Å². The number of carbonyl (C=O) groups excluding carboxylic acids is 1. The molecule has 116 valence electrons. The maximum absolute atomic E-state index is 13.9. The Hall–Kier alpha value is -1.01. The molecule has 0 aliphatic carbocycles. The monoisotopic (exact) mass is 361 g/mol. The quantitative estimate of drug-likeness (QED) is 0.816. The lowest BCUT2D eigenvalue weighted by atomic mass is 10.1. The van der Waals surface area contributed by atoms with Crippen LogP contribution < -0.4 is 0 Å². The SMILES string of the molecule is CCCOC1CCCN(C(=O)c2c(F)cc(Br)cc2F)C1. The third-order valence-electron chi connectivity index (χ3n) is 3.44. The van der Waals surface area contributed by atoms with Gasteiger partial charge in [-0.05, 0) is 31.4 Å². The van der Waals surface area contributed by atoms with E-state index >= 15 is 0 Å². The van der Waals surface area contributed by atoms with Crippen molar-refractivity contribution in [2.45, 2.75) is 32.3 Å². The number of benzene rings is 1. The Bertz CT molecular complexity index is 501. The zero-order chi connectivity index (χ0) is 15.4. The van der Waals surface area contributed by atoms with Gasteiger partial charge in [-0.3, -0.25) is 4.79 Å². The summed E-state index contributed by atoms with van der Waals surface area (Å²) in [6, 6.07) is 2.21. The first-order valence-electron chi connectivity index (χ1n) is 7.08. The lowest BCUT2D eigenvalue weighted by Gasteiger charge is -2.32. The van der Waals surface area contributed by atoms with Crippen molar-refractivity contribution in [2.24, 2.45) is 0 Å². The molecule has 1 amide bonds. The van der Waals surface area contributed by atoms with E-state index in [1.54, 1.807) is 0 Å². The first-order chi connectivity index (χ1) is 10.0. The van der Waals surface area contributed by atoms with Crippen molar-refractivity contribution in [3.8, 4) is 0 Å². The average Bonchev–Trinajstić information content (AvgIpc) is 2.44. The van der Waals surface area contributed by atoms with Crippen molar-refractivity contribution in [1.82, 2.24) is 4.90 Å². The van der Waals surface area contributed by atoms with Gasteiger partial charge in [0.2, 0.25) is 0 Å². The lowest BCUT2D eigenvalue weighted by Crippen LogP contribution is -2.43. The standard InChI is InChI=1S/C15H18BrF2NO2/c1-2-6-21-11-4-3-5-19(9-11)15(20)14-12(17)7-10(16)8-13(14)18/h7-8,11H,2-6,9H2,1H3. The molecule has 1 aliphatic heterocycles. The summed E-state index contributed by atoms with van der Waals surface area (Å²) in [6.45, 7) is 3.53. The summed E-state index contributed by atoms with van der Waals surface area (Å²) >= 11 is 3.01. The molecule has 1 aliphatic rings. The number of likely N-dealkylation sites (tertiary alicyclic amines) is 1. The van der Waals surface area contributed by atoms with Crippen molar-refractivity contribution in [3.05, 3.63) is 33.8 Å². The summed E-state index contributed by atoms with van der Waals surface area (Å²) in [5.41, 5.74) is -0.491. The Labute approximate surface area is 131 Å². The van der Waals surface area contributed by atoms with Gasteiger partial charge in [0.1, 0.15) is 17.2 Å². The normalized spacial score (nSPS) is 18.9. The second-order valence-electron chi connectivity index (χ2n) is 5.13. The van der Waals surface area contributed by atoms with Crippen LogP contribution in [0.2, 0.25) is 0 Å². The molecule has 0 aromatic heterocycles. The summed E-state index contributed by atoms with van der Waals surface area (Å²) in [4.78, 5) is 13.8. The third kappa shape index (κ3) is 4.01. The largest absolute Gasteiger partial charge is 0.376 e. The Morgan fingerprint density at radius 3 is 2.71 bits per heavy atom. The smallest absolute Gasteiger partial charge is 0.259 e. The van der Waals surface area contributed by atoms with Crippen molar-refractivity contribution in [1.29, 1.82) is 0 Å². The predicted octanol–water partition coefficient (Wildman–Crippen LogP) is 3.76. The predicted molar refractivity (Wildman–Crippen MR) is 79.2 cm³/mol. The number of hydrogen-bond donors (Lipinski definition) is 0. The highest BCUT2D eigenvalue weighted by atomic mass is 79.9. The van der Waals surface area contributed by atoms with E-state index in [-0.39, 0.29) is 10.6 Å². The first-order valence-corrected chi connectivity index (χ1v) is 7.87. The van der Waals surface area contributed by atoms with E-state index in [1.165, 1.54) is 4.90 Å². The molecular formula is C15H18BrF2NO2. The fraction of sp³-hybridized carbons (Fsp3) is 0.533. The minimum absolute atomic E-state index is 0.0516. The first kappa shape index (κ1) is 16.4. The van der Waals surface area contributed by atoms with Gasteiger partial charge in [0.25, 0.3) is 5.91 Å². The van der Waals surface area contributed by atoms with Crippen LogP contribution in [0.3, 0.4) is 0 Å². The van der Waals surface area contributed by atoms with Gasteiger partial charge in [0, 0.05) is 24.2 Å². The van der Waals surface area contributed by atoms with Gasteiger partial charge in [0.15, 0.2) is 0 Å². The Balaban J connectivity index is 2.12. The lowest BCUT2D eigenvalue weighted by molar-refractivity contribution is 0.00180. The number of ether oxygens (including phenoxy) is 1. The van der Waals surface area contributed by atoms with Crippen LogP contribution in [0.5, 0.6) is 0 Å². The second kappa shape index (κ2) is 7.31. The van der Waals surface area contributed by atoms with Gasteiger partial charge in [-0.1, -0.05) is 22.9 Å². The summed E-state index contributed by atoms with van der Waals surface area (Å²) in [5.74, 6) is -2.30. The molecule has 0 saturated carbocycles. The van der Waals surface area contributed by atoms with Gasteiger partial charge in [0.05, 0.1) is 6.10 Å². The topological polar surface area (TPSA) is 29.5 Å². The van der Waals surface area contributed by atoms with E-state index in [0.717, 1.165) is 31.4 Å². The van der Waals surface area contributed by atoms with Crippen LogP contribution in [0.1, 0.15) is 36.5 Å². The minimum atomic E-state index is -0.844. The fourth-order valence-corrected chi connectivity index (χ4v) is 2.85. The van der Waals surface area contributed by atoms with Crippen LogP contribution >= 0.6 is 15.9 Å². The molecule has 1 heterocycles. The van der Waals surface area contributed by atoms with E-state index in [4.69, 9.17) is 4.74 Å². The molecule has 0 bridgehead atoms. The molecule has 1 aromatic rings. The van der Waals surface area contributed by atoms with Crippen LogP contribution in [-0.2, 0) is 4.74 Å². The maximum atomic E-state index is 13.9. The molecule has 1 fully saturated rings. The highest BCUT2D eigenvalue weighted by Crippen LogP contribution is 2.23. The van der Waals surface area contributed by atoms with Crippen molar-refractivity contribution in [3.63, 3.8) is 0 Å². The number of piperidine rings is 1. The van der Waals surface area contributed by atoms with E-state index in [1.807, 2.05) is 6.92 Å². The molecule has 1 saturated heterocycles. The van der Waals surface area contributed by atoms with E-state index < -0.39 is 23.1 Å². The van der Waals surface area contributed by atoms with E-state index in [9.17, 15) is 13.6 Å². The molecule has 1 atom stereocenters. The second-order valence-corrected chi connectivity index (χ2v) is 6.05. The zero-order valence-corrected chi connectivity index (χ0v) is 13.5. The number of carbonyl (C=O) groups is 1. The number of rotatable bonds is 4.